The van der Waals surface area contributed by atoms with E-state index in [1.807, 2.05) is 31.3 Å². The van der Waals surface area contributed by atoms with E-state index in [9.17, 15) is 5.11 Å². The first-order valence-electron chi connectivity index (χ1n) is 6.15. The minimum absolute atomic E-state index is 0.449. The fourth-order valence-electron chi connectivity index (χ4n) is 1.63. The van der Waals surface area contributed by atoms with Crippen LogP contribution in [0, 0.1) is 0 Å². The van der Waals surface area contributed by atoms with Crippen LogP contribution in [0.15, 0.2) is 31.0 Å². The van der Waals surface area contributed by atoms with Crippen molar-refractivity contribution in [2.45, 2.75) is 32.3 Å². The van der Waals surface area contributed by atoms with Gasteiger partial charge in [-0.05, 0) is 31.4 Å². The highest BCUT2D eigenvalue weighted by molar-refractivity contribution is 5.43. The molecule has 0 aliphatic rings. The molecule has 0 amide bonds. The highest BCUT2D eigenvalue weighted by Crippen LogP contribution is 2.17. The Morgan fingerprint density at radius 2 is 2.29 bits per heavy atom. The number of allylic oxidation sites excluding steroid dienone is 1. The summed E-state index contributed by atoms with van der Waals surface area (Å²) in [6.45, 7) is 6.65. The van der Waals surface area contributed by atoms with Gasteiger partial charge < -0.3 is 10.0 Å². The molecule has 1 aromatic heterocycles. The van der Waals surface area contributed by atoms with Gasteiger partial charge >= 0.3 is 0 Å². The van der Waals surface area contributed by atoms with Gasteiger partial charge in [-0.15, -0.1) is 6.58 Å². The number of rotatable bonds is 7. The Kier molecular flexibility index (Phi) is 5.70. The van der Waals surface area contributed by atoms with Crippen molar-refractivity contribution in [3.8, 4) is 0 Å². The third kappa shape index (κ3) is 4.19. The van der Waals surface area contributed by atoms with Crippen molar-refractivity contribution in [3.05, 3.63) is 36.7 Å². The van der Waals surface area contributed by atoms with Crippen LogP contribution in [0.1, 0.15) is 38.0 Å². The maximum Gasteiger partial charge on any atom is 0.0957 e. The summed E-state index contributed by atoms with van der Waals surface area (Å²) in [5.74, 6) is 0. The fraction of sp³-hybridized carbons (Fsp3) is 0.500. The highest BCUT2D eigenvalue weighted by Gasteiger charge is 2.07. The zero-order valence-electron chi connectivity index (χ0n) is 10.8. The van der Waals surface area contributed by atoms with Gasteiger partial charge in [0.1, 0.15) is 0 Å². The second kappa shape index (κ2) is 7.07. The number of hydrogen-bond donors (Lipinski definition) is 1. The van der Waals surface area contributed by atoms with E-state index in [0.717, 1.165) is 30.8 Å². The molecule has 0 saturated carbocycles. The summed E-state index contributed by atoms with van der Waals surface area (Å²) < 4.78 is 0. The first-order valence-corrected chi connectivity index (χ1v) is 6.15. The van der Waals surface area contributed by atoms with Crippen molar-refractivity contribution in [3.63, 3.8) is 0 Å². The third-order valence-electron chi connectivity index (χ3n) is 2.84. The van der Waals surface area contributed by atoms with Crippen LogP contribution in [-0.2, 0) is 0 Å². The average molecular weight is 234 g/mol. The molecule has 0 bridgehead atoms. The molecule has 0 aliphatic carbocycles. The Balaban J connectivity index is 2.57. The molecule has 17 heavy (non-hydrogen) atoms. The SMILES string of the molecule is C=CCCCN(C)c1ccc([C@@H](O)CC)nc1. The molecule has 1 atom stereocenters. The summed E-state index contributed by atoms with van der Waals surface area (Å²) in [5, 5.41) is 9.64. The summed E-state index contributed by atoms with van der Waals surface area (Å²) in [7, 11) is 2.05. The fourth-order valence-corrected chi connectivity index (χ4v) is 1.63. The Labute approximate surface area is 104 Å². The second-order valence-electron chi connectivity index (χ2n) is 4.22. The molecule has 0 aromatic carbocycles. The molecule has 0 saturated heterocycles. The van der Waals surface area contributed by atoms with Gasteiger partial charge in [-0.3, -0.25) is 4.98 Å². The number of unbranched alkanes of at least 4 members (excludes halogenated alkanes) is 1. The highest BCUT2D eigenvalue weighted by atomic mass is 16.3. The molecule has 0 radical (unpaired) electrons. The van der Waals surface area contributed by atoms with Crippen LogP contribution in [0.25, 0.3) is 0 Å². The largest absolute Gasteiger partial charge is 0.387 e. The molecular formula is C14H22N2O. The normalized spacial score (nSPS) is 12.2. The number of aliphatic hydroxyl groups is 1. The van der Waals surface area contributed by atoms with Crippen molar-refractivity contribution in [2.24, 2.45) is 0 Å². The Morgan fingerprint density at radius 3 is 2.82 bits per heavy atom. The van der Waals surface area contributed by atoms with Gasteiger partial charge in [-0.2, -0.15) is 0 Å². The van der Waals surface area contributed by atoms with Gasteiger partial charge in [0.05, 0.1) is 23.7 Å². The minimum atomic E-state index is -0.449. The lowest BCUT2D eigenvalue weighted by Gasteiger charge is -2.19. The van der Waals surface area contributed by atoms with E-state index >= 15 is 0 Å². The number of aliphatic hydroxyl groups excluding tert-OH is 1. The zero-order chi connectivity index (χ0) is 12.7. The third-order valence-corrected chi connectivity index (χ3v) is 2.84. The molecule has 0 spiro atoms. The monoisotopic (exact) mass is 234 g/mol. The van der Waals surface area contributed by atoms with Crippen LogP contribution in [0.3, 0.4) is 0 Å². The first-order chi connectivity index (χ1) is 8.19. The molecule has 3 nitrogen and oxygen atoms in total. The molecule has 1 aromatic rings. The van der Waals surface area contributed by atoms with E-state index in [4.69, 9.17) is 0 Å². The van der Waals surface area contributed by atoms with Crippen LogP contribution in [0.2, 0.25) is 0 Å². The van der Waals surface area contributed by atoms with Gasteiger partial charge in [-0.1, -0.05) is 13.0 Å². The van der Waals surface area contributed by atoms with Crippen LogP contribution in [0.4, 0.5) is 5.69 Å². The standard InChI is InChI=1S/C14H22N2O/c1-4-6-7-10-16(3)12-8-9-13(15-11-12)14(17)5-2/h4,8-9,11,14,17H,1,5-7,10H2,2-3H3/t14-/m0/s1. The van der Waals surface area contributed by atoms with Gasteiger partial charge in [0.15, 0.2) is 0 Å². The maximum atomic E-state index is 9.64. The van der Waals surface area contributed by atoms with E-state index in [1.54, 1.807) is 0 Å². The van der Waals surface area contributed by atoms with Crippen molar-refractivity contribution in [2.75, 3.05) is 18.5 Å². The predicted molar refractivity (Wildman–Crippen MR) is 72.2 cm³/mol. The molecule has 1 heterocycles. The summed E-state index contributed by atoms with van der Waals surface area (Å²) in [5.41, 5.74) is 1.83. The summed E-state index contributed by atoms with van der Waals surface area (Å²) in [4.78, 5) is 6.45. The van der Waals surface area contributed by atoms with Crippen molar-refractivity contribution < 1.29 is 5.11 Å². The maximum absolute atomic E-state index is 9.64. The molecule has 0 unspecified atom stereocenters. The Hall–Kier alpha value is -1.35. The zero-order valence-corrected chi connectivity index (χ0v) is 10.8. The molecule has 1 N–H and O–H groups in total. The first kappa shape index (κ1) is 13.7. The number of anilines is 1. The molecule has 1 rings (SSSR count). The second-order valence-corrected chi connectivity index (χ2v) is 4.22. The smallest absolute Gasteiger partial charge is 0.0957 e. The molecule has 3 heteroatoms. The lowest BCUT2D eigenvalue weighted by molar-refractivity contribution is 0.169. The van der Waals surface area contributed by atoms with Crippen molar-refractivity contribution >= 4 is 5.69 Å². The summed E-state index contributed by atoms with van der Waals surface area (Å²) in [6.07, 6.45) is 6.13. The topological polar surface area (TPSA) is 36.4 Å². The average Bonchev–Trinajstić information content (AvgIpc) is 2.38. The Bertz CT molecular complexity index is 335. The number of hydrogen-bond acceptors (Lipinski definition) is 3. The quantitative estimate of drug-likeness (QED) is 0.582. The van der Waals surface area contributed by atoms with E-state index in [2.05, 4.69) is 23.5 Å². The van der Waals surface area contributed by atoms with E-state index in [0.29, 0.717) is 6.42 Å². The molecule has 94 valence electrons. The molecule has 0 aliphatic heterocycles. The van der Waals surface area contributed by atoms with Crippen molar-refractivity contribution in [1.82, 2.24) is 4.98 Å². The lowest BCUT2D eigenvalue weighted by Crippen LogP contribution is -2.18. The van der Waals surface area contributed by atoms with Gasteiger partial charge in [0.2, 0.25) is 0 Å². The summed E-state index contributed by atoms with van der Waals surface area (Å²) in [6, 6.07) is 3.91. The van der Waals surface area contributed by atoms with E-state index in [-0.39, 0.29) is 0 Å². The number of nitrogens with zero attached hydrogens (tertiary/aromatic N) is 2. The van der Waals surface area contributed by atoms with Crippen LogP contribution in [0.5, 0.6) is 0 Å². The predicted octanol–water partition coefficient (Wildman–Crippen LogP) is 2.93. The number of aromatic nitrogens is 1. The van der Waals surface area contributed by atoms with Gasteiger partial charge in [0.25, 0.3) is 0 Å². The van der Waals surface area contributed by atoms with Crippen molar-refractivity contribution in [1.29, 1.82) is 0 Å². The van der Waals surface area contributed by atoms with Crippen LogP contribution in [-0.4, -0.2) is 23.7 Å². The summed E-state index contributed by atoms with van der Waals surface area (Å²) >= 11 is 0. The van der Waals surface area contributed by atoms with Gasteiger partial charge in [0, 0.05) is 13.6 Å². The number of pyridine rings is 1. The lowest BCUT2D eigenvalue weighted by atomic mass is 10.2. The molecular weight excluding hydrogens is 212 g/mol. The van der Waals surface area contributed by atoms with E-state index < -0.39 is 6.10 Å². The van der Waals surface area contributed by atoms with Crippen LogP contribution < -0.4 is 4.90 Å². The van der Waals surface area contributed by atoms with Crippen LogP contribution >= 0.6 is 0 Å². The van der Waals surface area contributed by atoms with Gasteiger partial charge in [-0.25, -0.2) is 0 Å². The van der Waals surface area contributed by atoms with E-state index in [1.165, 1.54) is 0 Å². The molecule has 0 fully saturated rings. The minimum Gasteiger partial charge on any atom is -0.387 e. The Morgan fingerprint density at radius 1 is 1.53 bits per heavy atom.